The Kier molecular flexibility index (Phi) is 7.97. The smallest absolute Gasteiger partial charge is 0.251 e. The first-order valence-corrected chi connectivity index (χ1v) is 13.8. The van der Waals surface area contributed by atoms with Gasteiger partial charge in [-0.05, 0) is 81.0 Å². The van der Waals surface area contributed by atoms with Crippen molar-refractivity contribution in [1.29, 1.82) is 0 Å². The Morgan fingerprint density at radius 2 is 2.08 bits per heavy atom. The van der Waals surface area contributed by atoms with Crippen molar-refractivity contribution in [1.82, 2.24) is 15.1 Å². The number of ether oxygens (including phenoxy) is 1. The normalized spacial score (nSPS) is 24.0. The van der Waals surface area contributed by atoms with Crippen LogP contribution in [0.2, 0.25) is 0 Å². The summed E-state index contributed by atoms with van der Waals surface area (Å²) >= 11 is 6.44. The molecule has 1 saturated carbocycles. The number of amides is 1. The van der Waals surface area contributed by atoms with Crippen LogP contribution in [0.25, 0.3) is 11.8 Å². The summed E-state index contributed by atoms with van der Waals surface area (Å²) in [5.41, 5.74) is 5.52. The second kappa shape index (κ2) is 10.8. The quantitative estimate of drug-likeness (QED) is 0.130. The van der Waals surface area contributed by atoms with Crippen LogP contribution in [-0.2, 0) is 16.0 Å². The second-order valence-corrected chi connectivity index (χ2v) is 9.22. The van der Waals surface area contributed by atoms with Gasteiger partial charge in [0.05, 0.1) is 17.6 Å². The Morgan fingerprint density at radius 3 is 2.75 bits per heavy atom. The van der Waals surface area contributed by atoms with E-state index in [0.717, 1.165) is 54.6 Å². The fourth-order valence-corrected chi connectivity index (χ4v) is 5.71. The minimum Gasteiger partial charge on any atom is -0.357 e. The van der Waals surface area contributed by atoms with Crippen LogP contribution in [0.3, 0.4) is 0 Å². The highest BCUT2D eigenvalue weighted by molar-refractivity contribution is 8.59. The van der Waals surface area contributed by atoms with Gasteiger partial charge in [-0.1, -0.05) is 24.8 Å². The Labute approximate surface area is 222 Å². The molecule has 2 heterocycles. The summed E-state index contributed by atoms with van der Waals surface area (Å²) in [5, 5.41) is 7.47. The standard InChI is InChI=1S/C28H30FN3O2.H2S2/c1-4-7-19(24(5-2)26(33)30-6-3)12-14-27-15-13-21-16-25-20(17-28(21,27)34-27)18-31-32(25)23-10-8-22(29)9-11-23;1-2/h4-5,7-11,16,18H,2,6,12-15,17H2,1,3H3,(H,30,33);1-2H/b7-4-,24-19-;/t27-,28?;/m0./s1. The van der Waals surface area contributed by atoms with Crippen LogP contribution in [0.15, 0.2) is 72.0 Å². The molecule has 5 nitrogen and oxygen atoms in total. The zero-order valence-corrected chi connectivity index (χ0v) is 22.4. The SMILES string of the molecule is C=C/C(C(=O)NCC)=C(\C=C/C)CC[C@]12CCC3=Cc4c(cnn4-c4ccc(F)cc4)CC31O2.SS. The van der Waals surface area contributed by atoms with Crippen LogP contribution in [0.1, 0.15) is 50.8 Å². The van der Waals surface area contributed by atoms with E-state index in [9.17, 15) is 9.18 Å². The van der Waals surface area contributed by atoms with Gasteiger partial charge in [-0.25, -0.2) is 9.07 Å². The lowest BCUT2D eigenvalue weighted by Crippen LogP contribution is -2.27. The molecular formula is C28H32FN3O2S2. The number of aromatic nitrogens is 2. The van der Waals surface area contributed by atoms with E-state index in [2.05, 4.69) is 46.4 Å². The number of allylic oxidation sites excluding steroid dienone is 3. The van der Waals surface area contributed by atoms with Crippen molar-refractivity contribution in [3.8, 4) is 5.69 Å². The van der Waals surface area contributed by atoms with Crippen LogP contribution in [-0.4, -0.2) is 33.4 Å². The molecule has 2 fully saturated rings. The predicted molar refractivity (Wildman–Crippen MR) is 149 cm³/mol. The monoisotopic (exact) mass is 525 g/mol. The topological polar surface area (TPSA) is 59.5 Å². The van der Waals surface area contributed by atoms with E-state index in [0.29, 0.717) is 12.1 Å². The third kappa shape index (κ3) is 4.51. The number of epoxide rings is 1. The fraction of sp³-hybridized carbons (Fsp3) is 0.357. The number of halogens is 1. The Morgan fingerprint density at radius 1 is 1.33 bits per heavy atom. The molecule has 1 N–H and O–H groups in total. The molecule has 1 spiro atoms. The molecule has 36 heavy (non-hydrogen) atoms. The Hall–Kier alpha value is -2.55. The first kappa shape index (κ1) is 26.5. The van der Waals surface area contributed by atoms with Gasteiger partial charge in [0.1, 0.15) is 17.0 Å². The molecule has 2 aliphatic carbocycles. The van der Waals surface area contributed by atoms with Crippen molar-refractivity contribution in [3.63, 3.8) is 0 Å². The number of likely N-dealkylation sites (N-methyl/N-ethyl adjacent to an activating group) is 1. The van der Waals surface area contributed by atoms with Gasteiger partial charge in [0, 0.05) is 24.1 Å². The van der Waals surface area contributed by atoms with Crippen LogP contribution in [0, 0.1) is 5.82 Å². The van der Waals surface area contributed by atoms with E-state index in [1.807, 2.05) is 36.9 Å². The first-order chi connectivity index (χ1) is 17.5. The zero-order chi connectivity index (χ0) is 25.9. The maximum atomic E-state index is 13.4. The summed E-state index contributed by atoms with van der Waals surface area (Å²) in [6.45, 7) is 8.33. The minimum atomic E-state index is -0.266. The Balaban J connectivity index is 0.00000148. The zero-order valence-electron chi connectivity index (χ0n) is 20.6. The average Bonchev–Trinajstić information content (AvgIpc) is 3.16. The number of benzene rings is 1. The molecule has 0 bridgehead atoms. The first-order valence-electron chi connectivity index (χ1n) is 12.2. The third-order valence-corrected chi connectivity index (χ3v) is 7.39. The lowest BCUT2D eigenvalue weighted by atomic mass is 9.80. The van der Waals surface area contributed by atoms with Gasteiger partial charge in [0.15, 0.2) is 0 Å². The second-order valence-electron chi connectivity index (χ2n) is 9.22. The highest BCUT2D eigenvalue weighted by Gasteiger charge is 2.74. The lowest BCUT2D eigenvalue weighted by molar-refractivity contribution is -0.117. The molecule has 0 radical (unpaired) electrons. The van der Waals surface area contributed by atoms with Gasteiger partial charge < -0.3 is 10.1 Å². The molecule has 1 aromatic heterocycles. The molecule has 5 rings (SSSR count). The molecule has 1 amide bonds. The molecule has 2 atom stereocenters. The fourth-order valence-electron chi connectivity index (χ4n) is 5.71. The summed E-state index contributed by atoms with van der Waals surface area (Å²) in [7, 11) is 0. The number of nitrogens with zero attached hydrogens (tertiary/aromatic N) is 2. The molecule has 190 valence electrons. The number of hydrogen-bond donors (Lipinski definition) is 3. The molecule has 3 aliphatic rings. The molecule has 8 heteroatoms. The highest BCUT2D eigenvalue weighted by atomic mass is 33.1. The minimum absolute atomic E-state index is 0.0861. The van der Waals surface area contributed by atoms with E-state index in [-0.39, 0.29) is 22.9 Å². The van der Waals surface area contributed by atoms with E-state index < -0.39 is 0 Å². The molecule has 2 aromatic rings. The highest BCUT2D eigenvalue weighted by Crippen LogP contribution is 2.67. The molecule has 1 saturated heterocycles. The largest absolute Gasteiger partial charge is 0.357 e. The predicted octanol–water partition coefficient (Wildman–Crippen LogP) is 5.99. The van der Waals surface area contributed by atoms with Crippen molar-refractivity contribution >= 4 is 35.3 Å². The van der Waals surface area contributed by atoms with Gasteiger partial charge in [-0.15, -0.1) is 23.3 Å². The van der Waals surface area contributed by atoms with Gasteiger partial charge in [-0.3, -0.25) is 4.79 Å². The van der Waals surface area contributed by atoms with E-state index >= 15 is 0 Å². The van der Waals surface area contributed by atoms with Crippen LogP contribution >= 0.6 is 23.3 Å². The molecule has 1 unspecified atom stereocenters. The van der Waals surface area contributed by atoms with Gasteiger partial charge >= 0.3 is 0 Å². The maximum absolute atomic E-state index is 13.4. The maximum Gasteiger partial charge on any atom is 0.251 e. The van der Waals surface area contributed by atoms with Crippen molar-refractivity contribution < 1.29 is 13.9 Å². The summed E-state index contributed by atoms with van der Waals surface area (Å²) in [6.07, 6.45) is 14.1. The van der Waals surface area contributed by atoms with Crippen LogP contribution < -0.4 is 5.32 Å². The van der Waals surface area contributed by atoms with E-state index in [1.54, 1.807) is 18.2 Å². The summed E-state index contributed by atoms with van der Waals surface area (Å²) in [6, 6.07) is 6.41. The Bertz CT molecular complexity index is 1250. The number of fused-ring (bicyclic) bond motifs is 1. The number of carbonyl (C=O) groups is 1. The number of nitrogens with one attached hydrogen (secondary N) is 1. The van der Waals surface area contributed by atoms with E-state index in [1.165, 1.54) is 17.7 Å². The van der Waals surface area contributed by atoms with Gasteiger partial charge in [-0.2, -0.15) is 5.10 Å². The third-order valence-electron chi connectivity index (χ3n) is 7.39. The van der Waals surface area contributed by atoms with Crippen molar-refractivity contribution in [2.24, 2.45) is 0 Å². The van der Waals surface area contributed by atoms with Gasteiger partial charge in [0.25, 0.3) is 5.91 Å². The number of rotatable bonds is 8. The number of carbonyl (C=O) groups excluding carboxylic acids is 1. The van der Waals surface area contributed by atoms with E-state index in [4.69, 9.17) is 4.74 Å². The molecule has 1 aromatic carbocycles. The number of thiol groups is 2. The molecule has 1 aliphatic heterocycles. The van der Waals surface area contributed by atoms with Crippen LogP contribution in [0.5, 0.6) is 0 Å². The van der Waals surface area contributed by atoms with Crippen molar-refractivity contribution in [2.75, 3.05) is 6.54 Å². The summed E-state index contributed by atoms with van der Waals surface area (Å²) in [4.78, 5) is 12.5. The summed E-state index contributed by atoms with van der Waals surface area (Å²) < 4.78 is 21.8. The molecular weight excluding hydrogens is 493 g/mol. The van der Waals surface area contributed by atoms with Gasteiger partial charge in [0.2, 0.25) is 0 Å². The van der Waals surface area contributed by atoms with Crippen molar-refractivity contribution in [2.45, 2.75) is 57.2 Å². The van der Waals surface area contributed by atoms with Crippen molar-refractivity contribution in [3.05, 3.63) is 89.1 Å². The average molecular weight is 526 g/mol. The number of hydrogen-bond acceptors (Lipinski definition) is 5. The summed E-state index contributed by atoms with van der Waals surface area (Å²) in [5.74, 6) is -0.343. The lowest BCUT2D eigenvalue weighted by Gasteiger charge is -2.20. The van der Waals surface area contributed by atoms with Crippen LogP contribution in [0.4, 0.5) is 4.39 Å².